The molecule has 0 rings (SSSR count). The minimum Gasteiger partial charge on any atom is -0.370 e. The Hall–Kier alpha value is -0.370. The van der Waals surface area contributed by atoms with Crippen LogP contribution in [0.15, 0.2) is 0 Å². The minimum absolute atomic E-state index is 0.163. The fourth-order valence-corrected chi connectivity index (χ4v) is 2.69. The first kappa shape index (κ1) is 20.6. The molecule has 2 nitrogen and oxygen atoms in total. The quantitative estimate of drug-likeness (QED) is 0.323. The van der Waals surface area contributed by atoms with Crippen molar-refractivity contribution in [2.75, 3.05) is 6.61 Å². The Bertz CT molecular complexity index is 226. The Balaban J connectivity index is 3.14. The molecule has 0 aliphatic rings. The highest BCUT2D eigenvalue weighted by Crippen LogP contribution is 2.12. The second-order valence-electron chi connectivity index (χ2n) is 6.27. The number of ketones is 1. The first-order chi connectivity index (χ1) is 10.2. The molecular formula is C19H38O2. The lowest BCUT2D eigenvalue weighted by Crippen LogP contribution is -2.21. The van der Waals surface area contributed by atoms with Crippen LogP contribution in [0.1, 0.15) is 104 Å². The number of carbonyl (C=O) groups excluding carboxylic acids is 1. The predicted molar refractivity (Wildman–Crippen MR) is 91.8 cm³/mol. The molecule has 126 valence electrons. The Morgan fingerprint density at radius 3 is 1.57 bits per heavy atom. The molecule has 0 spiro atoms. The summed E-state index contributed by atoms with van der Waals surface area (Å²) in [6, 6.07) is 0. The van der Waals surface area contributed by atoms with Gasteiger partial charge in [0.05, 0.1) is 0 Å². The van der Waals surface area contributed by atoms with Crippen molar-refractivity contribution in [2.24, 2.45) is 0 Å². The van der Waals surface area contributed by atoms with Crippen LogP contribution in [0.5, 0.6) is 0 Å². The first-order valence-electron chi connectivity index (χ1n) is 9.34. The van der Waals surface area contributed by atoms with Gasteiger partial charge in [-0.25, -0.2) is 0 Å². The highest BCUT2D eigenvalue weighted by molar-refractivity contribution is 5.80. The molecule has 0 N–H and O–H groups in total. The van der Waals surface area contributed by atoms with E-state index in [4.69, 9.17) is 4.74 Å². The van der Waals surface area contributed by atoms with Gasteiger partial charge < -0.3 is 4.74 Å². The van der Waals surface area contributed by atoms with Crippen LogP contribution in [0.2, 0.25) is 0 Å². The van der Waals surface area contributed by atoms with Gasteiger partial charge in [-0.15, -0.1) is 0 Å². The Labute approximate surface area is 133 Å². The largest absolute Gasteiger partial charge is 0.370 e. The molecule has 0 aliphatic heterocycles. The van der Waals surface area contributed by atoms with Crippen molar-refractivity contribution < 1.29 is 9.53 Å². The standard InChI is InChI=1S/C19H38O2/c1-4-6-7-8-9-10-11-12-13-14-15-16-17-21-19(5-2)18(3)20/h19H,4-17H2,1-3H3. The number of hydrogen-bond acceptors (Lipinski definition) is 2. The van der Waals surface area contributed by atoms with Crippen LogP contribution < -0.4 is 0 Å². The van der Waals surface area contributed by atoms with Crippen molar-refractivity contribution >= 4 is 5.78 Å². The summed E-state index contributed by atoms with van der Waals surface area (Å²) in [5.74, 6) is 0.163. The summed E-state index contributed by atoms with van der Waals surface area (Å²) in [6.07, 6.45) is 16.9. The summed E-state index contributed by atoms with van der Waals surface area (Å²) in [5, 5.41) is 0. The van der Waals surface area contributed by atoms with Gasteiger partial charge in [-0.05, 0) is 19.8 Å². The average molecular weight is 299 g/mol. The van der Waals surface area contributed by atoms with Crippen molar-refractivity contribution in [2.45, 2.75) is 110 Å². The van der Waals surface area contributed by atoms with Gasteiger partial charge in [0.25, 0.3) is 0 Å². The van der Waals surface area contributed by atoms with Gasteiger partial charge in [0.15, 0.2) is 5.78 Å². The molecule has 1 unspecified atom stereocenters. The molecule has 0 heterocycles. The Morgan fingerprint density at radius 1 is 0.762 bits per heavy atom. The Kier molecular flexibility index (Phi) is 15.7. The van der Waals surface area contributed by atoms with E-state index in [0.717, 1.165) is 19.4 Å². The molecule has 0 aromatic heterocycles. The summed E-state index contributed by atoms with van der Waals surface area (Å²) < 4.78 is 5.60. The molecule has 0 aliphatic carbocycles. The maximum atomic E-state index is 11.2. The maximum Gasteiger partial charge on any atom is 0.158 e. The van der Waals surface area contributed by atoms with Crippen LogP contribution in [-0.4, -0.2) is 18.5 Å². The normalized spacial score (nSPS) is 12.5. The fraction of sp³-hybridized carbons (Fsp3) is 0.947. The van der Waals surface area contributed by atoms with Crippen molar-refractivity contribution in [3.63, 3.8) is 0 Å². The average Bonchev–Trinajstić information content (AvgIpc) is 2.47. The van der Waals surface area contributed by atoms with E-state index >= 15 is 0 Å². The van der Waals surface area contributed by atoms with Gasteiger partial charge in [0.1, 0.15) is 6.10 Å². The molecule has 0 saturated heterocycles. The smallest absolute Gasteiger partial charge is 0.158 e. The third-order valence-electron chi connectivity index (χ3n) is 4.14. The highest BCUT2D eigenvalue weighted by atomic mass is 16.5. The molecule has 2 heteroatoms. The van der Waals surface area contributed by atoms with Gasteiger partial charge in [0, 0.05) is 6.61 Å². The lowest BCUT2D eigenvalue weighted by molar-refractivity contribution is -0.128. The Morgan fingerprint density at radius 2 is 1.19 bits per heavy atom. The zero-order valence-electron chi connectivity index (χ0n) is 14.8. The van der Waals surface area contributed by atoms with Crippen LogP contribution >= 0.6 is 0 Å². The summed E-state index contributed by atoms with van der Waals surface area (Å²) >= 11 is 0. The topological polar surface area (TPSA) is 26.3 Å². The molecule has 21 heavy (non-hydrogen) atoms. The van der Waals surface area contributed by atoms with E-state index in [1.54, 1.807) is 6.92 Å². The van der Waals surface area contributed by atoms with Crippen LogP contribution in [-0.2, 0) is 9.53 Å². The molecule has 0 fully saturated rings. The van der Waals surface area contributed by atoms with Crippen molar-refractivity contribution in [1.82, 2.24) is 0 Å². The fourth-order valence-electron chi connectivity index (χ4n) is 2.69. The van der Waals surface area contributed by atoms with Gasteiger partial charge in [-0.3, -0.25) is 4.79 Å². The van der Waals surface area contributed by atoms with E-state index in [1.165, 1.54) is 70.6 Å². The number of ether oxygens (including phenoxy) is 1. The molecule has 0 aromatic carbocycles. The van der Waals surface area contributed by atoms with Crippen LogP contribution in [0.25, 0.3) is 0 Å². The molecule has 0 amide bonds. The van der Waals surface area contributed by atoms with E-state index in [9.17, 15) is 4.79 Å². The summed E-state index contributed by atoms with van der Waals surface area (Å²) in [6.45, 7) is 6.65. The number of hydrogen-bond donors (Lipinski definition) is 0. The minimum atomic E-state index is -0.169. The first-order valence-corrected chi connectivity index (χ1v) is 9.34. The van der Waals surface area contributed by atoms with Crippen LogP contribution in [0.4, 0.5) is 0 Å². The van der Waals surface area contributed by atoms with Crippen molar-refractivity contribution in [3.05, 3.63) is 0 Å². The zero-order chi connectivity index (χ0) is 15.8. The van der Waals surface area contributed by atoms with Gasteiger partial charge in [0.2, 0.25) is 0 Å². The van der Waals surface area contributed by atoms with Crippen molar-refractivity contribution in [3.8, 4) is 0 Å². The lowest BCUT2D eigenvalue weighted by atomic mass is 10.1. The molecule has 0 saturated carbocycles. The molecule has 0 aromatic rings. The van der Waals surface area contributed by atoms with Crippen molar-refractivity contribution in [1.29, 1.82) is 0 Å². The van der Waals surface area contributed by atoms with E-state index in [2.05, 4.69) is 6.92 Å². The third kappa shape index (κ3) is 14.3. The molecular weight excluding hydrogens is 260 g/mol. The van der Waals surface area contributed by atoms with E-state index in [-0.39, 0.29) is 11.9 Å². The monoisotopic (exact) mass is 298 g/mol. The number of carbonyl (C=O) groups is 1. The van der Waals surface area contributed by atoms with E-state index in [1.807, 2.05) is 6.92 Å². The van der Waals surface area contributed by atoms with E-state index < -0.39 is 0 Å². The summed E-state index contributed by atoms with van der Waals surface area (Å²) in [5.41, 5.74) is 0. The SMILES string of the molecule is CCCCCCCCCCCCCCOC(CC)C(C)=O. The summed E-state index contributed by atoms with van der Waals surface area (Å²) in [7, 11) is 0. The second-order valence-corrected chi connectivity index (χ2v) is 6.27. The second kappa shape index (κ2) is 16.0. The molecule has 1 atom stereocenters. The van der Waals surface area contributed by atoms with Crippen LogP contribution in [0.3, 0.4) is 0 Å². The molecule has 0 bridgehead atoms. The number of Topliss-reactive ketones (excluding diaryl/α,β-unsaturated/α-hetero) is 1. The number of rotatable bonds is 16. The maximum absolute atomic E-state index is 11.2. The van der Waals surface area contributed by atoms with Gasteiger partial charge in [-0.1, -0.05) is 84.5 Å². The highest BCUT2D eigenvalue weighted by Gasteiger charge is 2.10. The zero-order valence-corrected chi connectivity index (χ0v) is 14.8. The van der Waals surface area contributed by atoms with Crippen LogP contribution in [0, 0.1) is 0 Å². The number of unbranched alkanes of at least 4 members (excludes halogenated alkanes) is 11. The lowest BCUT2D eigenvalue weighted by Gasteiger charge is -2.12. The predicted octanol–water partition coefficient (Wildman–Crippen LogP) is 6.07. The van der Waals surface area contributed by atoms with E-state index in [0.29, 0.717) is 0 Å². The van der Waals surface area contributed by atoms with Gasteiger partial charge >= 0.3 is 0 Å². The summed E-state index contributed by atoms with van der Waals surface area (Å²) in [4.78, 5) is 11.2. The molecule has 0 radical (unpaired) electrons. The third-order valence-corrected chi connectivity index (χ3v) is 4.14. The van der Waals surface area contributed by atoms with Gasteiger partial charge in [-0.2, -0.15) is 0 Å².